The van der Waals surface area contributed by atoms with Crippen LogP contribution in [-0.2, 0) is 10.8 Å². The Hall–Kier alpha value is -1.56. The highest BCUT2D eigenvalue weighted by Crippen LogP contribution is 2.18. The van der Waals surface area contributed by atoms with Crippen molar-refractivity contribution < 1.29 is 13.7 Å². The minimum absolute atomic E-state index is 0.0381. The van der Waals surface area contributed by atoms with Crippen LogP contribution in [-0.4, -0.2) is 35.3 Å². The predicted octanol–water partition coefficient (Wildman–Crippen LogP) is 1.16. The summed E-state index contributed by atoms with van der Waals surface area (Å²) in [6.45, 7) is 1.88. The van der Waals surface area contributed by atoms with Gasteiger partial charge in [-0.2, -0.15) is 0 Å². The van der Waals surface area contributed by atoms with Gasteiger partial charge in [0.25, 0.3) is 5.91 Å². The number of carbonyl (C=O) groups is 1. The molecule has 0 fully saturated rings. The maximum atomic E-state index is 12.0. The van der Waals surface area contributed by atoms with Crippen LogP contribution in [0.2, 0.25) is 0 Å². The molecule has 0 heterocycles. The van der Waals surface area contributed by atoms with Crippen LogP contribution in [0.1, 0.15) is 23.7 Å². The standard InChI is InChI=1S/C13H20N2O3S/c1-9(4-5-19(3)17)15-13(16)10-6-11(14)8-12(7-10)18-2/h6-9H,4-5,14H2,1-3H3,(H,15,16). The first-order chi connectivity index (χ1) is 8.92. The first-order valence-electron chi connectivity index (χ1n) is 5.98. The fourth-order valence-corrected chi connectivity index (χ4v) is 2.28. The van der Waals surface area contributed by atoms with E-state index < -0.39 is 10.8 Å². The van der Waals surface area contributed by atoms with Crippen molar-refractivity contribution in [2.24, 2.45) is 0 Å². The van der Waals surface area contributed by atoms with Crippen LogP contribution in [0.5, 0.6) is 5.75 Å². The zero-order valence-electron chi connectivity index (χ0n) is 11.4. The maximum absolute atomic E-state index is 12.0. The van der Waals surface area contributed by atoms with E-state index in [4.69, 9.17) is 10.5 Å². The van der Waals surface area contributed by atoms with Gasteiger partial charge in [0.1, 0.15) is 5.75 Å². The van der Waals surface area contributed by atoms with Gasteiger partial charge in [0, 0.05) is 46.2 Å². The number of carbonyl (C=O) groups excluding carboxylic acids is 1. The molecular formula is C13H20N2O3S. The maximum Gasteiger partial charge on any atom is 0.251 e. The third kappa shape index (κ3) is 5.30. The molecule has 0 aromatic heterocycles. The van der Waals surface area contributed by atoms with Crippen molar-refractivity contribution in [3.05, 3.63) is 23.8 Å². The molecule has 106 valence electrons. The number of amides is 1. The fourth-order valence-electron chi connectivity index (χ4n) is 1.59. The molecule has 19 heavy (non-hydrogen) atoms. The summed E-state index contributed by atoms with van der Waals surface area (Å²) < 4.78 is 16.1. The van der Waals surface area contributed by atoms with E-state index in [1.54, 1.807) is 24.5 Å². The molecule has 2 atom stereocenters. The topological polar surface area (TPSA) is 81.4 Å². The number of methoxy groups -OCH3 is 1. The van der Waals surface area contributed by atoms with Crippen molar-refractivity contribution in [1.29, 1.82) is 0 Å². The van der Waals surface area contributed by atoms with Crippen molar-refractivity contribution in [3.8, 4) is 5.75 Å². The number of nitrogen functional groups attached to an aromatic ring is 1. The second-order valence-corrected chi connectivity index (χ2v) is 5.99. The smallest absolute Gasteiger partial charge is 0.251 e. The molecule has 1 amide bonds. The minimum Gasteiger partial charge on any atom is -0.497 e. The third-order valence-corrected chi connectivity index (χ3v) is 3.45. The van der Waals surface area contributed by atoms with Gasteiger partial charge in [-0.05, 0) is 25.5 Å². The number of anilines is 1. The lowest BCUT2D eigenvalue weighted by Crippen LogP contribution is -2.33. The predicted molar refractivity (Wildman–Crippen MR) is 77.9 cm³/mol. The van der Waals surface area contributed by atoms with Gasteiger partial charge >= 0.3 is 0 Å². The third-order valence-electron chi connectivity index (χ3n) is 2.64. The molecule has 0 saturated carbocycles. The largest absolute Gasteiger partial charge is 0.497 e. The zero-order chi connectivity index (χ0) is 14.4. The van der Waals surface area contributed by atoms with Crippen LogP contribution in [0, 0.1) is 0 Å². The van der Waals surface area contributed by atoms with Crippen molar-refractivity contribution in [1.82, 2.24) is 5.32 Å². The van der Waals surface area contributed by atoms with E-state index in [-0.39, 0.29) is 11.9 Å². The second-order valence-electron chi connectivity index (χ2n) is 4.44. The summed E-state index contributed by atoms with van der Waals surface area (Å²) in [4.78, 5) is 12.0. The van der Waals surface area contributed by atoms with Gasteiger partial charge < -0.3 is 15.8 Å². The lowest BCUT2D eigenvalue weighted by Gasteiger charge is -2.14. The molecule has 1 aromatic carbocycles. The second kappa shape index (κ2) is 7.13. The molecule has 0 aliphatic carbocycles. The molecule has 0 spiro atoms. The molecule has 1 rings (SSSR count). The van der Waals surface area contributed by atoms with Gasteiger partial charge in [0.15, 0.2) is 0 Å². The van der Waals surface area contributed by atoms with E-state index in [1.807, 2.05) is 6.92 Å². The quantitative estimate of drug-likeness (QED) is 0.768. The summed E-state index contributed by atoms with van der Waals surface area (Å²) in [5.41, 5.74) is 6.64. The normalized spacial score (nSPS) is 13.6. The van der Waals surface area contributed by atoms with Crippen LogP contribution >= 0.6 is 0 Å². The number of benzene rings is 1. The molecule has 0 bridgehead atoms. The van der Waals surface area contributed by atoms with E-state index in [9.17, 15) is 9.00 Å². The number of nitrogens with two attached hydrogens (primary N) is 1. The summed E-state index contributed by atoms with van der Waals surface area (Å²) >= 11 is 0. The highest BCUT2D eigenvalue weighted by atomic mass is 32.2. The van der Waals surface area contributed by atoms with Crippen molar-refractivity contribution in [2.75, 3.05) is 24.9 Å². The van der Waals surface area contributed by atoms with Gasteiger partial charge in [-0.25, -0.2) is 0 Å². The van der Waals surface area contributed by atoms with Crippen LogP contribution in [0.4, 0.5) is 5.69 Å². The van der Waals surface area contributed by atoms with Gasteiger partial charge in [-0.3, -0.25) is 9.00 Å². The molecule has 5 nitrogen and oxygen atoms in total. The average molecular weight is 284 g/mol. The monoisotopic (exact) mass is 284 g/mol. The number of nitrogens with one attached hydrogen (secondary N) is 1. The van der Waals surface area contributed by atoms with E-state index in [2.05, 4.69) is 5.32 Å². The van der Waals surface area contributed by atoms with Gasteiger partial charge in [-0.1, -0.05) is 0 Å². The molecule has 0 aliphatic heterocycles. The van der Waals surface area contributed by atoms with E-state index in [1.165, 1.54) is 7.11 Å². The Balaban J connectivity index is 2.67. The van der Waals surface area contributed by atoms with Crippen LogP contribution < -0.4 is 15.8 Å². The molecule has 2 unspecified atom stereocenters. The van der Waals surface area contributed by atoms with Crippen molar-refractivity contribution in [3.63, 3.8) is 0 Å². The number of hydrogen-bond donors (Lipinski definition) is 2. The fraction of sp³-hybridized carbons (Fsp3) is 0.462. The highest BCUT2D eigenvalue weighted by molar-refractivity contribution is 7.84. The summed E-state index contributed by atoms with van der Waals surface area (Å²) in [6, 6.07) is 4.85. The van der Waals surface area contributed by atoms with Crippen molar-refractivity contribution in [2.45, 2.75) is 19.4 Å². The summed E-state index contributed by atoms with van der Waals surface area (Å²) in [5, 5.41) is 2.85. The first kappa shape index (κ1) is 15.5. The zero-order valence-corrected chi connectivity index (χ0v) is 12.3. The Morgan fingerprint density at radius 1 is 1.47 bits per heavy atom. The number of ether oxygens (including phenoxy) is 1. The molecule has 0 saturated heterocycles. The van der Waals surface area contributed by atoms with Crippen LogP contribution in [0.25, 0.3) is 0 Å². The molecular weight excluding hydrogens is 264 g/mol. The van der Waals surface area contributed by atoms with Gasteiger partial charge in [0.05, 0.1) is 7.11 Å². The molecule has 1 aromatic rings. The van der Waals surface area contributed by atoms with Gasteiger partial charge in [-0.15, -0.1) is 0 Å². The van der Waals surface area contributed by atoms with E-state index in [0.717, 1.165) is 0 Å². The lowest BCUT2D eigenvalue weighted by atomic mass is 10.1. The Morgan fingerprint density at radius 3 is 2.74 bits per heavy atom. The molecule has 0 aliphatic rings. The number of rotatable bonds is 6. The van der Waals surface area contributed by atoms with Crippen LogP contribution in [0.15, 0.2) is 18.2 Å². The Kier molecular flexibility index (Phi) is 5.82. The van der Waals surface area contributed by atoms with E-state index >= 15 is 0 Å². The Morgan fingerprint density at radius 2 is 2.16 bits per heavy atom. The highest BCUT2D eigenvalue weighted by Gasteiger charge is 2.12. The minimum atomic E-state index is -0.846. The average Bonchev–Trinajstić information content (AvgIpc) is 2.35. The molecule has 3 N–H and O–H groups in total. The molecule has 0 radical (unpaired) electrons. The van der Waals surface area contributed by atoms with Crippen molar-refractivity contribution >= 4 is 22.4 Å². The lowest BCUT2D eigenvalue weighted by molar-refractivity contribution is 0.0939. The van der Waals surface area contributed by atoms with E-state index in [0.29, 0.717) is 29.2 Å². The molecule has 6 heteroatoms. The Bertz CT molecular complexity index is 477. The summed E-state index contributed by atoms with van der Waals surface area (Å²) in [6.07, 6.45) is 2.33. The van der Waals surface area contributed by atoms with Gasteiger partial charge in [0.2, 0.25) is 0 Å². The number of hydrogen-bond acceptors (Lipinski definition) is 4. The first-order valence-corrected chi connectivity index (χ1v) is 7.70. The SMILES string of the molecule is COc1cc(N)cc(C(=O)NC(C)CCS(C)=O)c1. The summed E-state index contributed by atoms with van der Waals surface area (Å²) in [7, 11) is 0.678. The van der Waals surface area contributed by atoms with Crippen LogP contribution in [0.3, 0.4) is 0 Å². The Labute approximate surface area is 116 Å². The summed E-state index contributed by atoms with van der Waals surface area (Å²) in [5.74, 6) is 0.911.